The first-order valence-corrected chi connectivity index (χ1v) is 9.63. The number of allylic oxidation sites excluding steroid dienone is 3. The van der Waals surface area contributed by atoms with Crippen LogP contribution in [0, 0.1) is 5.92 Å². The Kier molecular flexibility index (Phi) is 6.14. The van der Waals surface area contributed by atoms with Gasteiger partial charge in [0.2, 0.25) is 5.91 Å². The van der Waals surface area contributed by atoms with E-state index >= 15 is 0 Å². The highest BCUT2D eigenvalue weighted by molar-refractivity contribution is 5.82. The van der Waals surface area contributed by atoms with Gasteiger partial charge in [0, 0.05) is 18.2 Å². The van der Waals surface area contributed by atoms with Crippen LogP contribution in [0.15, 0.2) is 36.1 Å². The molecule has 2 saturated heterocycles. The van der Waals surface area contributed by atoms with Crippen molar-refractivity contribution in [3.8, 4) is 0 Å². The van der Waals surface area contributed by atoms with Crippen LogP contribution in [-0.4, -0.2) is 47.2 Å². The monoisotopic (exact) mass is 359 g/mol. The molecule has 3 N–H and O–H groups in total. The van der Waals surface area contributed by atoms with Crippen molar-refractivity contribution in [3.63, 3.8) is 0 Å². The first kappa shape index (κ1) is 18.7. The maximum absolute atomic E-state index is 12.6. The molecule has 3 atom stereocenters. The summed E-state index contributed by atoms with van der Waals surface area (Å²) in [5.41, 5.74) is 2.65. The second-order valence-corrected chi connectivity index (χ2v) is 7.38. The number of dihydropyridines is 1. The van der Waals surface area contributed by atoms with Crippen molar-refractivity contribution in [1.29, 1.82) is 0 Å². The van der Waals surface area contributed by atoms with E-state index in [-0.39, 0.29) is 24.4 Å². The number of nitrogens with zero attached hydrogens (tertiary/aromatic N) is 1. The molecule has 3 aliphatic heterocycles. The summed E-state index contributed by atoms with van der Waals surface area (Å²) < 4.78 is 0. The van der Waals surface area contributed by atoms with Crippen molar-refractivity contribution in [2.24, 2.45) is 5.92 Å². The summed E-state index contributed by atoms with van der Waals surface area (Å²) in [7, 11) is 0. The van der Waals surface area contributed by atoms with Gasteiger partial charge < -0.3 is 15.3 Å². The molecule has 26 heavy (non-hydrogen) atoms. The Morgan fingerprint density at radius 2 is 2.31 bits per heavy atom. The van der Waals surface area contributed by atoms with Crippen molar-refractivity contribution in [1.82, 2.24) is 15.5 Å². The number of hydrogen-bond donors (Lipinski definition) is 3. The molecule has 0 radical (unpaired) electrons. The van der Waals surface area contributed by atoms with E-state index in [1.165, 1.54) is 17.7 Å². The molecule has 6 heteroatoms. The van der Waals surface area contributed by atoms with Gasteiger partial charge in [0.25, 0.3) is 0 Å². The molecule has 0 bridgehead atoms. The third-order valence-corrected chi connectivity index (χ3v) is 5.60. The quantitative estimate of drug-likeness (QED) is 0.579. The van der Waals surface area contributed by atoms with Gasteiger partial charge in [-0.05, 0) is 56.7 Å². The van der Waals surface area contributed by atoms with Crippen LogP contribution < -0.4 is 10.6 Å². The lowest BCUT2D eigenvalue weighted by atomic mass is 9.96. The number of fused-ring (bicyclic) bond motifs is 1. The molecule has 0 aromatic carbocycles. The van der Waals surface area contributed by atoms with Gasteiger partial charge in [0.15, 0.2) is 0 Å². The maximum Gasteiger partial charge on any atom is 0.305 e. The van der Waals surface area contributed by atoms with Crippen molar-refractivity contribution < 1.29 is 14.7 Å². The Bertz CT molecular complexity index is 626. The first-order chi connectivity index (χ1) is 12.6. The summed E-state index contributed by atoms with van der Waals surface area (Å²) in [6.07, 6.45) is 12.1. The predicted molar refractivity (Wildman–Crippen MR) is 100 cm³/mol. The Balaban J connectivity index is 1.46. The number of hydrogen-bond acceptors (Lipinski definition) is 4. The number of carboxylic acid groups (broad SMARTS) is 1. The molecule has 0 saturated carbocycles. The summed E-state index contributed by atoms with van der Waals surface area (Å²) in [6.45, 7) is 5.37. The number of likely N-dealkylation sites (tertiary alicyclic amines) is 1. The molecule has 3 heterocycles. The predicted octanol–water partition coefficient (Wildman–Crippen LogP) is 2.16. The fourth-order valence-electron chi connectivity index (χ4n) is 4.13. The minimum Gasteiger partial charge on any atom is -0.481 e. The number of carbonyl (C=O) groups excluding carboxylic acids is 1. The van der Waals surface area contributed by atoms with Crippen molar-refractivity contribution in [2.45, 2.75) is 57.2 Å². The molecule has 0 spiro atoms. The number of carbonyl (C=O) groups is 2. The van der Waals surface area contributed by atoms with E-state index in [0.29, 0.717) is 6.54 Å². The van der Waals surface area contributed by atoms with Gasteiger partial charge in [-0.2, -0.15) is 0 Å². The highest BCUT2D eigenvalue weighted by Gasteiger charge is 2.35. The van der Waals surface area contributed by atoms with Gasteiger partial charge in [0.1, 0.15) is 0 Å². The SMILES string of the molecule is C=C[C@H](CC(=O)O)N1CCC(CCCC2=CC=C3CCCNC3N2)C1=O. The fraction of sp³-hybridized carbons (Fsp3) is 0.600. The van der Waals surface area contributed by atoms with E-state index in [0.717, 1.165) is 38.6 Å². The molecular formula is C20H29N3O3. The Hall–Kier alpha value is -2.08. The number of rotatable bonds is 8. The molecule has 1 amide bonds. The number of amides is 1. The molecule has 3 aliphatic rings. The van der Waals surface area contributed by atoms with Gasteiger partial charge >= 0.3 is 5.97 Å². The largest absolute Gasteiger partial charge is 0.481 e. The fourth-order valence-corrected chi connectivity index (χ4v) is 4.13. The van der Waals surface area contributed by atoms with E-state index in [4.69, 9.17) is 5.11 Å². The lowest BCUT2D eigenvalue weighted by molar-refractivity contribution is -0.139. The summed E-state index contributed by atoms with van der Waals surface area (Å²) in [5, 5.41) is 16.0. The Morgan fingerprint density at radius 1 is 1.46 bits per heavy atom. The van der Waals surface area contributed by atoms with Crippen molar-refractivity contribution >= 4 is 11.9 Å². The zero-order chi connectivity index (χ0) is 18.5. The minimum atomic E-state index is -0.898. The number of aliphatic carboxylic acids is 1. The minimum absolute atomic E-state index is 0.00865. The average Bonchev–Trinajstić information content (AvgIpc) is 3.00. The molecule has 142 valence electrons. The number of carboxylic acids is 1. The van der Waals surface area contributed by atoms with Crippen LogP contribution in [0.25, 0.3) is 0 Å². The van der Waals surface area contributed by atoms with Gasteiger partial charge in [-0.3, -0.25) is 14.9 Å². The zero-order valence-electron chi connectivity index (χ0n) is 15.2. The van der Waals surface area contributed by atoms with Gasteiger partial charge in [-0.15, -0.1) is 6.58 Å². The van der Waals surface area contributed by atoms with Crippen LogP contribution in [0.4, 0.5) is 0 Å². The molecule has 0 aliphatic carbocycles. The second kappa shape index (κ2) is 8.54. The summed E-state index contributed by atoms with van der Waals surface area (Å²) in [6, 6.07) is -0.395. The maximum atomic E-state index is 12.6. The third-order valence-electron chi connectivity index (χ3n) is 5.60. The third kappa shape index (κ3) is 4.36. The van der Waals surface area contributed by atoms with Crippen LogP contribution in [0.3, 0.4) is 0 Å². The van der Waals surface area contributed by atoms with Crippen LogP contribution in [0.1, 0.15) is 44.9 Å². The lowest BCUT2D eigenvalue weighted by Crippen LogP contribution is -2.47. The highest BCUT2D eigenvalue weighted by atomic mass is 16.4. The zero-order valence-corrected chi connectivity index (χ0v) is 15.2. The molecule has 2 unspecified atom stereocenters. The van der Waals surface area contributed by atoms with Crippen LogP contribution >= 0.6 is 0 Å². The van der Waals surface area contributed by atoms with E-state index in [9.17, 15) is 9.59 Å². The molecule has 6 nitrogen and oxygen atoms in total. The van der Waals surface area contributed by atoms with E-state index < -0.39 is 12.0 Å². The molecule has 0 aromatic rings. The normalized spacial score (nSPS) is 26.5. The lowest BCUT2D eigenvalue weighted by Gasteiger charge is -2.32. The first-order valence-electron chi connectivity index (χ1n) is 9.63. The molecule has 2 fully saturated rings. The Morgan fingerprint density at radius 3 is 3.08 bits per heavy atom. The van der Waals surface area contributed by atoms with Crippen molar-refractivity contribution in [2.75, 3.05) is 13.1 Å². The summed E-state index contributed by atoms with van der Waals surface area (Å²) in [5.74, 6) is -0.808. The van der Waals surface area contributed by atoms with Crippen LogP contribution in [0.5, 0.6) is 0 Å². The van der Waals surface area contributed by atoms with Crippen molar-refractivity contribution in [3.05, 3.63) is 36.1 Å². The van der Waals surface area contributed by atoms with Gasteiger partial charge in [-0.25, -0.2) is 0 Å². The van der Waals surface area contributed by atoms with Crippen LogP contribution in [0.2, 0.25) is 0 Å². The van der Waals surface area contributed by atoms with E-state index in [2.05, 4.69) is 29.4 Å². The number of piperidine rings is 1. The number of nitrogens with one attached hydrogen (secondary N) is 2. The van der Waals surface area contributed by atoms with E-state index in [1.54, 1.807) is 11.0 Å². The topological polar surface area (TPSA) is 81.7 Å². The van der Waals surface area contributed by atoms with Crippen LogP contribution in [-0.2, 0) is 9.59 Å². The van der Waals surface area contributed by atoms with Gasteiger partial charge in [-0.1, -0.05) is 12.2 Å². The standard InChI is InChI=1S/C20H29N3O3/c1-2-17(13-18(24)25)23-12-10-15(20(23)26)5-3-7-16-9-8-14-6-4-11-21-19(14)22-16/h2,8-9,15,17,19,21-22H,1,3-7,10-13H2,(H,24,25)/t15?,17-,19?/m1/s1. The summed E-state index contributed by atoms with van der Waals surface area (Å²) in [4.78, 5) is 25.2. The highest BCUT2D eigenvalue weighted by Crippen LogP contribution is 2.27. The molecule has 3 rings (SSSR count). The van der Waals surface area contributed by atoms with E-state index in [1.807, 2.05) is 0 Å². The Labute approximate surface area is 155 Å². The second-order valence-electron chi connectivity index (χ2n) is 7.38. The van der Waals surface area contributed by atoms with Gasteiger partial charge in [0.05, 0.1) is 18.6 Å². The summed E-state index contributed by atoms with van der Waals surface area (Å²) >= 11 is 0. The average molecular weight is 359 g/mol. The molecular weight excluding hydrogens is 330 g/mol. The smallest absolute Gasteiger partial charge is 0.305 e. The molecule has 0 aromatic heterocycles.